The lowest BCUT2D eigenvalue weighted by molar-refractivity contribution is -0.994. The minimum absolute atomic E-state index is 0.0737. The van der Waals surface area contributed by atoms with Crippen molar-refractivity contribution in [2.24, 2.45) is 0 Å². The lowest BCUT2D eigenvalue weighted by atomic mass is 10.1. The Morgan fingerprint density at radius 3 is 2.31 bits per heavy atom. The van der Waals surface area contributed by atoms with Crippen molar-refractivity contribution in [3.05, 3.63) is 54.6 Å². The third-order valence-corrected chi connectivity index (χ3v) is 5.89. The summed E-state index contributed by atoms with van der Waals surface area (Å²) in [5.41, 5.74) is 1.94. The average Bonchev–Trinajstić information content (AvgIpc) is 3.07. The quantitative estimate of drug-likeness (QED) is 0.689. The van der Waals surface area contributed by atoms with Crippen LogP contribution in [0.3, 0.4) is 0 Å². The van der Waals surface area contributed by atoms with Crippen LogP contribution in [-0.2, 0) is 9.59 Å². The van der Waals surface area contributed by atoms with Crippen LogP contribution in [0.25, 0.3) is 0 Å². The van der Waals surface area contributed by atoms with Crippen molar-refractivity contribution in [2.75, 3.05) is 37.7 Å². The molecule has 6 nitrogen and oxygen atoms in total. The van der Waals surface area contributed by atoms with Crippen LogP contribution in [0, 0.1) is 0 Å². The topological polar surface area (TPSA) is 55.5 Å². The van der Waals surface area contributed by atoms with Gasteiger partial charge < -0.3 is 9.64 Å². The summed E-state index contributed by atoms with van der Waals surface area (Å²) in [7, 11) is 0. The van der Waals surface area contributed by atoms with Crippen LogP contribution in [0.1, 0.15) is 19.8 Å². The van der Waals surface area contributed by atoms with Crippen molar-refractivity contribution in [1.82, 2.24) is 0 Å². The summed E-state index contributed by atoms with van der Waals surface area (Å²) in [5.74, 6) is 0.583. The Labute approximate surface area is 171 Å². The van der Waals surface area contributed by atoms with Gasteiger partial charge in [0, 0.05) is 0 Å². The fourth-order valence-corrected chi connectivity index (χ4v) is 4.32. The van der Waals surface area contributed by atoms with Gasteiger partial charge in [0.1, 0.15) is 37.6 Å². The molecule has 2 aromatic carbocycles. The largest absolute Gasteiger partial charge is 0.494 e. The summed E-state index contributed by atoms with van der Waals surface area (Å²) in [6.45, 7) is 6.45. The Morgan fingerprint density at radius 1 is 0.966 bits per heavy atom. The second kappa shape index (κ2) is 8.76. The number of ether oxygens (including phenoxy) is 1. The number of para-hydroxylation sites is 1. The summed E-state index contributed by atoms with van der Waals surface area (Å²) >= 11 is 0. The molecular weight excluding hydrogens is 366 g/mol. The van der Waals surface area contributed by atoms with E-state index >= 15 is 0 Å². The van der Waals surface area contributed by atoms with Gasteiger partial charge in [0.15, 0.2) is 6.04 Å². The molecule has 2 saturated heterocycles. The van der Waals surface area contributed by atoms with Gasteiger partial charge in [-0.1, -0.05) is 25.1 Å². The smallest absolute Gasteiger partial charge is 0.292 e. The fraction of sp³-hybridized carbons (Fsp3) is 0.391. The zero-order valence-electron chi connectivity index (χ0n) is 16.9. The molecule has 0 radical (unpaired) electrons. The number of quaternary nitrogens is 2. The van der Waals surface area contributed by atoms with E-state index in [1.165, 1.54) is 20.4 Å². The predicted octanol–water partition coefficient (Wildman–Crippen LogP) is 0.222. The SMILES string of the molecule is CCCOc1ccc(N2C(=O)C[C@H]([NH+]3CC[NH+](c4ccccc4)CC3)C2=O)cc1. The molecule has 4 rings (SSSR count). The van der Waals surface area contributed by atoms with Gasteiger partial charge in [-0.3, -0.25) is 14.5 Å². The van der Waals surface area contributed by atoms with E-state index in [4.69, 9.17) is 4.74 Å². The van der Waals surface area contributed by atoms with Gasteiger partial charge in [-0.25, -0.2) is 4.90 Å². The second-order valence-electron chi connectivity index (χ2n) is 7.79. The first-order valence-electron chi connectivity index (χ1n) is 10.5. The van der Waals surface area contributed by atoms with E-state index in [0.29, 0.717) is 18.7 Å². The predicted molar refractivity (Wildman–Crippen MR) is 111 cm³/mol. The number of nitrogens with zero attached hydrogens (tertiary/aromatic N) is 1. The van der Waals surface area contributed by atoms with Gasteiger partial charge >= 0.3 is 0 Å². The summed E-state index contributed by atoms with van der Waals surface area (Å²) in [6, 6.07) is 17.5. The molecule has 2 aromatic rings. The third kappa shape index (κ3) is 4.18. The second-order valence-corrected chi connectivity index (χ2v) is 7.79. The Kier molecular flexibility index (Phi) is 5.92. The molecule has 2 fully saturated rings. The molecule has 152 valence electrons. The van der Waals surface area contributed by atoms with Gasteiger partial charge in [-0.15, -0.1) is 0 Å². The Balaban J connectivity index is 1.39. The molecule has 0 saturated carbocycles. The molecule has 6 heteroatoms. The summed E-state index contributed by atoms with van der Waals surface area (Å²) < 4.78 is 5.59. The molecule has 2 aliphatic rings. The van der Waals surface area contributed by atoms with Crippen molar-refractivity contribution in [3.8, 4) is 5.75 Å². The van der Waals surface area contributed by atoms with Gasteiger partial charge in [0.2, 0.25) is 5.91 Å². The monoisotopic (exact) mass is 395 g/mol. The molecular formula is C23H29N3O3+2. The van der Waals surface area contributed by atoms with Gasteiger partial charge in [-0.05, 0) is 42.8 Å². The van der Waals surface area contributed by atoms with Crippen LogP contribution in [0.15, 0.2) is 54.6 Å². The van der Waals surface area contributed by atoms with E-state index < -0.39 is 0 Å². The highest BCUT2D eigenvalue weighted by atomic mass is 16.5. The maximum absolute atomic E-state index is 13.1. The van der Waals surface area contributed by atoms with Crippen LogP contribution in [-0.4, -0.2) is 50.6 Å². The molecule has 2 heterocycles. The van der Waals surface area contributed by atoms with Crippen LogP contribution in [0.2, 0.25) is 0 Å². The molecule has 0 spiro atoms. The number of anilines is 1. The Hall–Kier alpha value is -2.70. The average molecular weight is 396 g/mol. The number of rotatable bonds is 6. The van der Waals surface area contributed by atoms with Crippen LogP contribution >= 0.6 is 0 Å². The number of nitrogens with one attached hydrogen (secondary N) is 2. The maximum atomic E-state index is 13.1. The standard InChI is InChI=1S/C23H27N3O3/c1-2-16-29-20-10-8-19(9-11-20)26-22(27)17-21(23(26)28)25-14-12-24(13-15-25)18-6-4-3-5-7-18/h3-11,21H,2,12-17H2,1H3/p+2/t21-/m0/s1. The maximum Gasteiger partial charge on any atom is 0.292 e. The first kappa shape index (κ1) is 19.6. The molecule has 1 atom stereocenters. The van der Waals surface area contributed by atoms with Gasteiger partial charge in [0.05, 0.1) is 18.7 Å². The Morgan fingerprint density at radius 2 is 1.66 bits per heavy atom. The third-order valence-electron chi connectivity index (χ3n) is 5.89. The minimum atomic E-state index is -0.268. The van der Waals surface area contributed by atoms with Crippen molar-refractivity contribution in [2.45, 2.75) is 25.8 Å². The van der Waals surface area contributed by atoms with Crippen LogP contribution in [0.4, 0.5) is 11.4 Å². The number of hydrogen-bond donors (Lipinski definition) is 2. The number of benzene rings is 2. The molecule has 29 heavy (non-hydrogen) atoms. The number of amides is 2. The number of hydrogen-bond acceptors (Lipinski definition) is 3. The van der Waals surface area contributed by atoms with Crippen molar-refractivity contribution < 1.29 is 24.1 Å². The minimum Gasteiger partial charge on any atom is -0.494 e. The van der Waals surface area contributed by atoms with Crippen molar-refractivity contribution >= 4 is 23.2 Å². The number of imide groups is 1. The van der Waals surface area contributed by atoms with E-state index in [-0.39, 0.29) is 17.9 Å². The number of carbonyl (C=O) groups excluding carboxylic acids is 2. The lowest BCUT2D eigenvalue weighted by Gasteiger charge is -2.31. The normalized spacial score (nSPS) is 24.7. The molecule has 0 unspecified atom stereocenters. The Bertz CT molecular complexity index is 845. The zero-order valence-corrected chi connectivity index (χ0v) is 16.9. The summed E-state index contributed by atoms with van der Waals surface area (Å²) in [4.78, 5) is 29.7. The number of piperazine rings is 1. The highest BCUT2D eigenvalue weighted by Gasteiger charge is 2.47. The van der Waals surface area contributed by atoms with Gasteiger partial charge in [-0.2, -0.15) is 0 Å². The van der Waals surface area contributed by atoms with E-state index in [2.05, 4.69) is 31.2 Å². The number of carbonyl (C=O) groups is 2. The highest BCUT2D eigenvalue weighted by Crippen LogP contribution is 2.24. The van der Waals surface area contributed by atoms with Crippen molar-refractivity contribution in [3.63, 3.8) is 0 Å². The van der Waals surface area contributed by atoms with Crippen molar-refractivity contribution in [1.29, 1.82) is 0 Å². The molecule has 2 amide bonds. The summed E-state index contributed by atoms with van der Waals surface area (Å²) in [6.07, 6.45) is 1.23. The van der Waals surface area contributed by atoms with Crippen LogP contribution in [0.5, 0.6) is 5.75 Å². The molecule has 0 bridgehead atoms. The van der Waals surface area contributed by atoms with Crippen LogP contribution < -0.4 is 19.4 Å². The zero-order chi connectivity index (χ0) is 20.2. The highest BCUT2D eigenvalue weighted by molar-refractivity contribution is 6.21. The molecule has 0 aliphatic carbocycles. The van der Waals surface area contributed by atoms with E-state index in [1.807, 2.05) is 18.2 Å². The summed E-state index contributed by atoms with van der Waals surface area (Å²) in [5, 5.41) is 0. The van der Waals surface area contributed by atoms with Gasteiger partial charge in [0.25, 0.3) is 5.91 Å². The fourth-order valence-electron chi connectivity index (χ4n) is 4.32. The van der Waals surface area contributed by atoms with E-state index in [0.717, 1.165) is 38.3 Å². The lowest BCUT2D eigenvalue weighted by Crippen LogP contribution is -3.28. The van der Waals surface area contributed by atoms with E-state index in [1.54, 1.807) is 12.1 Å². The molecule has 2 aliphatic heterocycles. The molecule has 0 aromatic heterocycles. The first-order chi connectivity index (χ1) is 14.2. The molecule has 2 N–H and O–H groups in total. The van der Waals surface area contributed by atoms with E-state index in [9.17, 15) is 9.59 Å². The first-order valence-corrected chi connectivity index (χ1v) is 10.5.